The Morgan fingerprint density at radius 1 is 0.905 bits per heavy atom. The van der Waals surface area contributed by atoms with E-state index in [-0.39, 0.29) is 0 Å². The summed E-state index contributed by atoms with van der Waals surface area (Å²) in [5, 5.41) is 0. The summed E-state index contributed by atoms with van der Waals surface area (Å²) in [5.74, 6) is 0.972. The maximum atomic E-state index is 2.85. The molecule has 2 saturated heterocycles. The van der Waals surface area contributed by atoms with Crippen molar-refractivity contribution in [2.75, 3.05) is 19.6 Å². The van der Waals surface area contributed by atoms with Gasteiger partial charge in [-0.15, -0.1) is 0 Å². The van der Waals surface area contributed by atoms with Crippen LogP contribution in [0.1, 0.15) is 72.1 Å². The Labute approximate surface area is 131 Å². The van der Waals surface area contributed by atoms with E-state index in [1.165, 1.54) is 71.0 Å². The van der Waals surface area contributed by atoms with Crippen LogP contribution in [0.2, 0.25) is 0 Å². The van der Waals surface area contributed by atoms with Gasteiger partial charge in [-0.2, -0.15) is 0 Å². The van der Waals surface area contributed by atoms with E-state index in [1.54, 1.807) is 0 Å². The number of nitrogens with zero attached hydrogens (tertiary/aromatic N) is 2. The van der Waals surface area contributed by atoms with Crippen LogP contribution in [0.5, 0.6) is 0 Å². The van der Waals surface area contributed by atoms with E-state index in [2.05, 4.69) is 30.6 Å². The molecule has 2 aliphatic heterocycles. The zero-order valence-electron chi connectivity index (χ0n) is 14.4. The monoisotopic (exact) mass is 290 g/mol. The summed E-state index contributed by atoms with van der Waals surface area (Å²) in [7, 11) is 0. The second-order valence-electron chi connectivity index (χ2n) is 9.10. The molecule has 0 N–H and O–H groups in total. The quantitative estimate of drug-likeness (QED) is 0.777. The van der Waals surface area contributed by atoms with Gasteiger partial charge in [0, 0.05) is 24.2 Å². The largest absolute Gasteiger partial charge is 0.300 e. The van der Waals surface area contributed by atoms with Gasteiger partial charge in [-0.05, 0) is 90.1 Å². The fourth-order valence-electron chi connectivity index (χ4n) is 6.16. The van der Waals surface area contributed by atoms with E-state index in [1.807, 2.05) is 0 Å². The third-order valence-electron chi connectivity index (χ3n) is 7.70. The molecule has 1 unspecified atom stereocenters. The van der Waals surface area contributed by atoms with Gasteiger partial charge in [-0.3, -0.25) is 9.80 Å². The second kappa shape index (κ2) is 4.96. The molecule has 2 spiro atoms. The lowest BCUT2D eigenvalue weighted by atomic mass is 9.63. The molecule has 0 aromatic heterocycles. The number of rotatable bonds is 3. The topological polar surface area (TPSA) is 6.48 Å². The van der Waals surface area contributed by atoms with Crippen molar-refractivity contribution in [2.45, 2.75) is 89.8 Å². The Bertz CT molecular complexity index is 392. The number of likely N-dealkylation sites (tertiary alicyclic amines) is 2. The molecule has 120 valence electrons. The molecule has 2 aliphatic carbocycles. The summed E-state index contributed by atoms with van der Waals surface area (Å²) >= 11 is 0. The summed E-state index contributed by atoms with van der Waals surface area (Å²) in [6, 6.07) is 1.58. The first-order valence-electron chi connectivity index (χ1n) is 9.55. The van der Waals surface area contributed by atoms with Gasteiger partial charge in [0.2, 0.25) is 0 Å². The van der Waals surface area contributed by atoms with E-state index in [0.717, 1.165) is 23.4 Å². The van der Waals surface area contributed by atoms with Crippen LogP contribution < -0.4 is 0 Å². The first kappa shape index (κ1) is 14.5. The Hall–Kier alpha value is -0.0800. The van der Waals surface area contributed by atoms with Crippen molar-refractivity contribution in [3.05, 3.63) is 0 Å². The lowest BCUT2D eigenvalue weighted by Gasteiger charge is -2.55. The second-order valence-corrected chi connectivity index (χ2v) is 9.10. The molecule has 2 heterocycles. The molecular weight excluding hydrogens is 256 g/mol. The summed E-state index contributed by atoms with van der Waals surface area (Å²) < 4.78 is 0. The van der Waals surface area contributed by atoms with Crippen LogP contribution in [-0.4, -0.2) is 47.1 Å². The third kappa shape index (κ3) is 2.20. The normalized spacial score (nSPS) is 40.9. The lowest BCUT2D eigenvalue weighted by molar-refractivity contribution is -0.0437. The Morgan fingerprint density at radius 2 is 1.67 bits per heavy atom. The van der Waals surface area contributed by atoms with Crippen LogP contribution >= 0.6 is 0 Å². The first-order valence-corrected chi connectivity index (χ1v) is 9.55. The molecule has 0 radical (unpaired) electrons. The molecular formula is C19H34N2. The van der Waals surface area contributed by atoms with Crippen LogP contribution in [0, 0.1) is 11.3 Å². The molecule has 0 bridgehead atoms. The smallest absolute Gasteiger partial charge is 0.0219 e. The molecule has 0 aromatic carbocycles. The van der Waals surface area contributed by atoms with Crippen molar-refractivity contribution in [3.63, 3.8) is 0 Å². The minimum atomic E-state index is 0.612. The Balaban J connectivity index is 1.35. The van der Waals surface area contributed by atoms with Crippen LogP contribution in [0.15, 0.2) is 0 Å². The van der Waals surface area contributed by atoms with E-state index >= 15 is 0 Å². The van der Waals surface area contributed by atoms with Crippen molar-refractivity contribution in [1.82, 2.24) is 9.80 Å². The van der Waals surface area contributed by atoms with Crippen LogP contribution in [-0.2, 0) is 0 Å². The molecule has 2 heteroatoms. The van der Waals surface area contributed by atoms with Gasteiger partial charge in [-0.1, -0.05) is 6.42 Å². The zero-order chi connectivity index (χ0) is 14.7. The van der Waals surface area contributed by atoms with Crippen LogP contribution in [0.25, 0.3) is 0 Å². The molecule has 4 aliphatic rings. The predicted molar refractivity (Wildman–Crippen MR) is 88.5 cm³/mol. The van der Waals surface area contributed by atoms with Crippen molar-refractivity contribution < 1.29 is 0 Å². The summed E-state index contributed by atoms with van der Waals surface area (Å²) in [4.78, 5) is 5.68. The van der Waals surface area contributed by atoms with Crippen molar-refractivity contribution in [2.24, 2.45) is 11.3 Å². The Kier molecular flexibility index (Phi) is 3.43. The fraction of sp³-hybridized carbons (Fsp3) is 1.00. The molecule has 4 fully saturated rings. The number of hydrogen-bond acceptors (Lipinski definition) is 2. The van der Waals surface area contributed by atoms with E-state index in [0.29, 0.717) is 5.54 Å². The molecule has 21 heavy (non-hydrogen) atoms. The average molecular weight is 290 g/mol. The van der Waals surface area contributed by atoms with Gasteiger partial charge in [0.1, 0.15) is 0 Å². The number of hydrogen-bond donors (Lipinski definition) is 0. The third-order valence-corrected chi connectivity index (χ3v) is 7.70. The highest BCUT2D eigenvalue weighted by molar-refractivity contribution is 5.09. The lowest BCUT2D eigenvalue weighted by Crippen LogP contribution is -2.59. The molecule has 2 saturated carbocycles. The first-order chi connectivity index (χ1) is 10.0. The van der Waals surface area contributed by atoms with Gasteiger partial charge < -0.3 is 0 Å². The van der Waals surface area contributed by atoms with Gasteiger partial charge in [-0.25, -0.2) is 0 Å². The van der Waals surface area contributed by atoms with Crippen molar-refractivity contribution in [3.8, 4) is 0 Å². The highest BCUT2D eigenvalue weighted by atomic mass is 15.3. The molecule has 4 rings (SSSR count). The fourth-order valence-corrected chi connectivity index (χ4v) is 6.16. The van der Waals surface area contributed by atoms with E-state index in [9.17, 15) is 0 Å². The summed E-state index contributed by atoms with van der Waals surface area (Å²) in [6.45, 7) is 11.5. The van der Waals surface area contributed by atoms with Gasteiger partial charge in [0.25, 0.3) is 0 Å². The minimum Gasteiger partial charge on any atom is -0.300 e. The van der Waals surface area contributed by atoms with Crippen molar-refractivity contribution in [1.29, 1.82) is 0 Å². The summed E-state index contributed by atoms with van der Waals surface area (Å²) in [5.41, 5.74) is 1.38. The van der Waals surface area contributed by atoms with Gasteiger partial charge in [0.05, 0.1) is 0 Å². The minimum absolute atomic E-state index is 0.612. The Morgan fingerprint density at radius 3 is 2.24 bits per heavy atom. The standard InChI is InChI=1S/C19H34N2/c1-15(2)21-10-5-8-19(21)12-17(13-19)16(3)20-11-9-18(14-20)6-4-7-18/h15-17H,4-14H2,1-3H3. The molecule has 1 atom stereocenters. The van der Waals surface area contributed by atoms with Gasteiger partial charge >= 0.3 is 0 Å². The zero-order valence-corrected chi connectivity index (χ0v) is 14.4. The average Bonchev–Trinajstić information content (AvgIpc) is 2.99. The van der Waals surface area contributed by atoms with Gasteiger partial charge in [0.15, 0.2) is 0 Å². The highest BCUT2D eigenvalue weighted by Crippen LogP contribution is 2.54. The van der Waals surface area contributed by atoms with E-state index < -0.39 is 0 Å². The summed E-state index contributed by atoms with van der Waals surface area (Å²) in [6.07, 6.45) is 11.9. The molecule has 0 amide bonds. The maximum Gasteiger partial charge on any atom is 0.0219 e. The van der Waals surface area contributed by atoms with E-state index in [4.69, 9.17) is 0 Å². The van der Waals surface area contributed by atoms with Crippen LogP contribution in [0.3, 0.4) is 0 Å². The predicted octanol–water partition coefficient (Wildman–Crippen LogP) is 3.90. The highest BCUT2D eigenvalue weighted by Gasteiger charge is 2.54. The maximum absolute atomic E-state index is 2.85. The van der Waals surface area contributed by atoms with Crippen molar-refractivity contribution >= 4 is 0 Å². The van der Waals surface area contributed by atoms with Crippen LogP contribution in [0.4, 0.5) is 0 Å². The molecule has 0 aromatic rings. The SMILES string of the molecule is CC(C1CC2(CCCN2C(C)C)C1)N1CCC2(CCC2)C1. The molecule has 2 nitrogen and oxygen atoms in total.